The summed E-state index contributed by atoms with van der Waals surface area (Å²) in [7, 11) is 1.55. The van der Waals surface area contributed by atoms with E-state index in [2.05, 4.69) is 25.5 Å². The maximum atomic E-state index is 13.0. The van der Waals surface area contributed by atoms with E-state index in [1.807, 2.05) is 0 Å². The molecule has 0 bridgehead atoms. The zero-order valence-corrected chi connectivity index (χ0v) is 22.8. The number of nitrogens with one attached hydrogen (secondary N) is 2. The van der Waals surface area contributed by atoms with Crippen LogP contribution in [0.3, 0.4) is 0 Å². The second-order valence-electron chi connectivity index (χ2n) is 10.1. The van der Waals surface area contributed by atoms with E-state index < -0.39 is 17.6 Å². The molecule has 1 aromatic heterocycles. The molecule has 42 heavy (non-hydrogen) atoms. The summed E-state index contributed by atoms with van der Waals surface area (Å²) in [6, 6.07) is 7.98. The number of pyridine rings is 1. The summed E-state index contributed by atoms with van der Waals surface area (Å²) in [4.78, 5) is 40.1. The van der Waals surface area contributed by atoms with Gasteiger partial charge in [0.2, 0.25) is 17.4 Å². The topological polar surface area (TPSA) is 134 Å². The van der Waals surface area contributed by atoms with Gasteiger partial charge in [-0.25, -0.2) is 4.98 Å². The monoisotopic (exact) mass is 583 g/mol. The van der Waals surface area contributed by atoms with Crippen molar-refractivity contribution in [1.29, 1.82) is 0 Å². The molecule has 0 radical (unpaired) electrons. The standard InChI is InChI=1S/C28H29F3N8O3/c1-42-14-9-24(40)35-21-3-2-12-38(17-21)25-22-16-33-11-13-39(22,32)26(37-25)18-4-6-19(7-5-18)27(41)36-23-15-20(8-10-34-23)28(29,30)31/h4-8,10-11,13,15-16,21H,2-3,9,12,14,17,32H2,1H3,(H-,34,35,36,40,41)/p+1. The van der Waals surface area contributed by atoms with Crippen LogP contribution in [-0.2, 0) is 15.7 Å². The number of fused-ring (bicyclic) bond motifs is 1. The van der Waals surface area contributed by atoms with Crippen LogP contribution in [0, 0.1) is 0 Å². The van der Waals surface area contributed by atoms with Gasteiger partial charge < -0.3 is 20.3 Å². The molecule has 14 heteroatoms. The molecular weight excluding hydrogens is 553 g/mol. The number of likely N-dealkylation sites (tertiary alicyclic amines) is 1. The van der Waals surface area contributed by atoms with Gasteiger partial charge in [-0.2, -0.15) is 24.0 Å². The smallest absolute Gasteiger partial charge is 0.384 e. The molecule has 3 aliphatic rings. The van der Waals surface area contributed by atoms with Gasteiger partial charge in [0.25, 0.3) is 11.7 Å². The first kappa shape index (κ1) is 29.1. The number of nitrogens with two attached hydrogens (primary N) is 1. The number of carbonyl (C=O) groups excluding carboxylic acids is 2. The van der Waals surface area contributed by atoms with Crippen LogP contribution in [0.5, 0.6) is 0 Å². The molecule has 4 N–H and O–H groups in total. The number of halogens is 3. The molecule has 4 heterocycles. The van der Waals surface area contributed by atoms with Crippen LogP contribution in [0.1, 0.15) is 40.7 Å². The van der Waals surface area contributed by atoms with Crippen molar-refractivity contribution in [3.05, 3.63) is 83.2 Å². The number of methoxy groups -OCH3 is 1. The van der Waals surface area contributed by atoms with Crippen LogP contribution in [0.15, 0.2) is 76.5 Å². The third-order valence-corrected chi connectivity index (χ3v) is 7.13. The van der Waals surface area contributed by atoms with Gasteiger partial charge in [-0.05, 0) is 49.2 Å². The third kappa shape index (κ3) is 6.10. The highest BCUT2D eigenvalue weighted by Crippen LogP contribution is 2.34. The molecule has 0 saturated carbocycles. The van der Waals surface area contributed by atoms with E-state index in [1.165, 1.54) is 0 Å². The average molecular weight is 584 g/mol. The highest BCUT2D eigenvalue weighted by atomic mass is 19.4. The molecule has 0 spiro atoms. The number of aliphatic imine (C=N–C) groups is 2. The number of allylic oxidation sites excluding steroid dienone is 1. The van der Waals surface area contributed by atoms with Crippen LogP contribution in [0.2, 0.25) is 0 Å². The minimum atomic E-state index is -4.56. The van der Waals surface area contributed by atoms with Gasteiger partial charge in [0.05, 0.1) is 30.1 Å². The molecule has 2 atom stereocenters. The van der Waals surface area contributed by atoms with E-state index in [1.54, 1.807) is 50.0 Å². The number of quaternary nitrogens is 1. The number of aromatic nitrogens is 1. The number of ether oxygens (including phenoxy) is 1. The Bertz CT molecular complexity index is 1490. The van der Waals surface area contributed by atoms with Crippen molar-refractivity contribution < 1.29 is 32.1 Å². The minimum Gasteiger partial charge on any atom is -0.384 e. The zero-order valence-electron chi connectivity index (χ0n) is 22.8. The number of amides is 2. The summed E-state index contributed by atoms with van der Waals surface area (Å²) >= 11 is 0. The number of hydrogen-bond acceptors (Lipinski definition) is 8. The fourth-order valence-electron chi connectivity index (χ4n) is 5.01. The number of benzene rings is 1. The van der Waals surface area contributed by atoms with Crippen LogP contribution in [0.25, 0.3) is 0 Å². The van der Waals surface area contributed by atoms with Crippen molar-refractivity contribution in [1.82, 2.24) is 15.2 Å². The summed E-state index contributed by atoms with van der Waals surface area (Å²) < 4.78 is 43.8. The lowest BCUT2D eigenvalue weighted by atomic mass is 10.1. The quantitative estimate of drug-likeness (QED) is 0.323. The van der Waals surface area contributed by atoms with E-state index in [9.17, 15) is 22.8 Å². The Morgan fingerprint density at radius 1 is 1.21 bits per heavy atom. The Labute approximate surface area is 239 Å². The van der Waals surface area contributed by atoms with E-state index >= 15 is 0 Å². The molecule has 1 saturated heterocycles. The van der Waals surface area contributed by atoms with E-state index in [0.29, 0.717) is 36.1 Å². The summed E-state index contributed by atoms with van der Waals surface area (Å²) in [5.41, 5.74) is 0.605. The molecule has 220 valence electrons. The van der Waals surface area contributed by atoms with Gasteiger partial charge in [0.15, 0.2) is 0 Å². The number of amidine groups is 1. The summed E-state index contributed by atoms with van der Waals surface area (Å²) in [5, 5.41) is 5.46. The number of rotatable bonds is 8. The molecule has 2 aromatic rings. The van der Waals surface area contributed by atoms with Crippen molar-refractivity contribution in [2.75, 3.05) is 32.1 Å². The Morgan fingerprint density at radius 2 is 2.00 bits per heavy atom. The van der Waals surface area contributed by atoms with Crippen LogP contribution in [-0.4, -0.2) is 71.2 Å². The first-order chi connectivity index (χ1) is 20.1. The highest BCUT2D eigenvalue weighted by Gasteiger charge is 2.46. The number of nitrogens with zero attached hydrogens (tertiary/aromatic N) is 5. The fourth-order valence-corrected chi connectivity index (χ4v) is 5.01. The lowest BCUT2D eigenvalue weighted by molar-refractivity contribution is -0.750. The first-order valence-electron chi connectivity index (χ1n) is 13.3. The molecule has 0 aliphatic carbocycles. The second kappa shape index (κ2) is 11.8. The Kier molecular flexibility index (Phi) is 8.20. The molecular formula is C28H30F3N8O3+. The molecule has 2 unspecified atom stereocenters. The first-order valence-corrected chi connectivity index (χ1v) is 13.3. The Morgan fingerprint density at radius 3 is 2.74 bits per heavy atom. The summed E-state index contributed by atoms with van der Waals surface area (Å²) in [5.74, 6) is 7.08. The largest absolute Gasteiger partial charge is 0.416 e. The van der Waals surface area contributed by atoms with Crippen molar-refractivity contribution in [3.63, 3.8) is 0 Å². The number of alkyl halides is 3. The summed E-state index contributed by atoms with van der Waals surface area (Å²) in [6.45, 7) is 1.62. The van der Waals surface area contributed by atoms with Gasteiger partial charge in [0.1, 0.15) is 12.0 Å². The molecule has 1 fully saturated rings. The normalized spacial score (nSPS) is 21.7. The number of anilines is 1. The SMILES string of the molecule is COCCC(=O)NC1CCCN(C2=C3C=NC=C[N+]3(N)C(c3ccc(C(=O)Nc4cc(C(F)(F)F)ccn4)cc3)=N2)C1. The van der Waals surface area contributed by atoms with Crippen LogP contribution >= 0.6 is 0 Å². The molecule has 1 aromatic carbocycles. The highest BCUT2D eigenvalue weighted by molar-refractivity contribution is 6.05. The number of carbonyl (C=O) groups is 2. The molecule has 3 aliphatic heterocycles. The van der Waals surface area contributed by atoms with Gasteiger partial charge in [-0.3, -0.25) is 14.6 Å². The van der Waals surface area contributed by atoms with Gasteiger partial charge in [0, 0.05) is 44.4 Å². The molecule has 5 rings (SSSR count). The average Bonchev–Trinajstić information content (AvgIpc) is 3.29. The van der Waals surface area contributed by atoms with Gasteiger partial charge in [-0.15, -0.1) is 4.59 Å². The van der Waals surface area contributed by atoms with Crippen molar-refractivity contribution in [2.45, 2.75) is 31.5 Å². The van der Waals surface area contributed by atoms with E-state index in [0.717, 1.165) is 37.7 Å². The lowest BCUT2D eigenvalue weighted by Crippen LogP contribution is -2.53. The lowest BCUT2D eigenvalue weighted by Gasteiger charge is -2.34. The minimum absolute atomic E-state index is 0.0599. The Hall–Kier alpha value is -4.40. The molecule has 11 nitrogen and oxygen atoms in total. The number of piperidine rings is 1. The predicted octanol–water partition coefficient (Wildman–Crippen LogP) is 3.15. The van der Waals surface area contributed by atoms with Crippen molar-refractivity contribution in [3.8, 4) is 0 Å². The van der Waals surface area contributed by atoms with Crippen molar-refractivity contribution in [2.24, 2.45) is 15.8 Å². The summed E-state index contributed by atoms with van der Waals surface area (Å²) in [6.07, 6.45) is 3.35. The molecule has 2 amide bonds. The van der Waals surface area contributed by atoms with Gasteiger partial charge >= 0.3 is 6.18 Å². The van der Waals surface area contributed by atoms with Crippen molar-refractivity contribution >= 4 is 29.7 Å². The van der Waals surface area contributed by atoms with E-state index in [4.69, 9.17) is 15.6 Å². The maximum Gasteiger partial charge on any atom is 0.416 e. The Balaban J connectivity index is 1.34. The van der Waals surface area contributed by atoms with Gasteiger partial charge in [-0.1, -0.05) is 0 Å². The van der Waals surface area contributed by atoms with E-state index in [-0.39, 0.29) is 34.3 Å². The second-order valence-corrected chi connectivity index (χ2v) is 10.1. The fraction of sp³-hybridized carbons (Fsp3) is 0.321. The predicted molar refractivity (Wildman–Crippen MR) is 149 cm³/mol. The maximum absolute atomic E-state index is 13.0. The third-order valence-electron chi connectivity index (χ3n) is 7.13. The van der Waals surface area contributed by atoms with Crippen LogP contribution in [0.4, 0.5) is 19.0 Å². The number of hydrogen-bond donors (Lipinski definition) is 3. The zero-order chi connectivity index (χ0) is 29.9. The van der Waals surface area contributed by atoms with Crippen LogP contribution < -0.4 is 16.5 Å².